The van der Waals surface area contributed by atoms with Gasteiger partial charge in [-0.25, -0.2) is 0 Å². The molecule has 1 aliphatic heterocycles. The Morgan fingerprint density at radius 3 is 2.71 bits per heavy atom. The molecular formula is C16H30N4O. The zero-order valence-corrected chi connectivity index (χ0v) is 13.4. The van der Waals surface area contributed by atoms with E-state index in [4.69, 9.17) is 0 Å². The lowest BCUT2D eigenvalue weighted by atomic mass is 10.1. The normalized spacial score (nSPS) is 38.0. The zero-order chi connectivity index (χ0) is 14.8. The SMILES string of the molecule is CN=C(NCC1CCCC1O)NC1CC(C)N(C2CC2)C1. The predicted octanol–water partition coefficient (Wildman–Crippen LogP) is 0.938. The van der Waals surface area contributed by atoms with Crippen LogP contribution in [-0.2, 0) is 0 Å². The van der Waals surface area contributed by atoms with Crippen LogP contribution in [-0.4, -0.2) is 60.3 Å². The van der Waals surface area contributed by atoms with E-state index >= 15 is 0 Å². The Labute approximate surface area is 128 Å². The van der Waals surface area contributed by atoms with Gasteiger partial charge in [0.05, 0.1) is 6.10 Å². The maximum absolute atomic E-state index is 9.89. The number of aliphatic hydroxyl groups is 1. The van der Waals surface area contributed by atoms with Crippen LogP contribution in [0.25, 0.3) is 0 Å². The number of nitrogens with one attached hydrogen (secondary N) is 2. The number of hydrogen-bond donors (Lipinski definition) is 3. The number of nitrogens with zero attached hydrogens (tertiary/aromatic N) is 2. The predicted molar refractivity (Wildman–Crippen MR) is 85.4 cm³/mol. The summed E-state index contributed by atoms with van der Waals surface area (Å²) in [6.45, 7) is 4.30. The third-order valence-electron chi connectivity index (χ3n) is 5.35. The van der Waals surface area contributed by atoms with E-state index in [2.05, 4.69) is 27.4 Å². The Morgan fingerprint density at radius 1 is 1.29 bits per heavy atom. The third-order valence-corrected chi connectivity index (χ3v) is 5.35. The second kappa shape index (κ2) is 6.53. The Hall–Kier alpha value is -0.810. The van der Waals surface area contributed by atoms with Crippen LogP contribution in [0.4, 0.5) is 0 Å². The monoisotopic (exact) mass is 294 g/mol. The topological polar surface area (TPSA) is 59.9 Å². The highest BCUT2D eigenvalue weighted by Gasteiger charge is 2.39. The van der Waals surface area contributed by atoms with Gasteiger partial charge in [-0.05, 0) is 39.0 Å². The van der Waals surface area contributed by atoms with Crippen molar-refractivity contribution in [3.8, 4) is 0 Å². The number of guanidine groups is 1. The van der Waals surface area contributed by atoms with Crippen molar-refractivity contribution in [2.24, 2.45) is 10.9 Å². The largest absolute Gasteiger partial charge is 0.393 e. The van der Waals surface area contributed by atoms with Crippen molar-refractivity contribution in [2.45, 2.75) is 69.7 Å². The van der Waals surface area contributed by atoms with Crippen LogP contribution in [0.3, 0.4) is 0 Å². The molecule has 0 amide bonds. The van der Waals surface area contributed by atoms with Crippen molar-refractivity contribution in [1.29, 1.82) is 0 Å². The lowest BCUT2D eigenvalue weighted by molar-refractivity contribution is 0.134. The Bertz CT molecular complexity index is 382. The van der Waals surface area contributed by atoms with Crippen LogP contribution in [0.15, 0.2) is 4.99 Å². The van der Waals surface area contributed by atoms with Gasteiger partial charge in [-0.3, -0.25) is 9.89 Å². The molecule has 4 unspecified atom stereocenters. The summed E-state index contributed by atoms with van der Waals surface area (Å²) in [6, 6.07) is 2.03. The van der Waals surface area contributed by atoms with E-state index in [1.54, 1.807) is 0 Å². The van der Waals surface area contributed by atoms with Crippen molar-refractivity contribution in [3.63, 3.8) is 0 Å². The highest BCUT2D eigenvalue weighted by Crippen LogP contribution is 2.33. The molecule has 3 fully saturated rings. The quantitative estimate of drug-likeness (QED) is 0.533. The van der Waals surface area contributed by atoms with Crippen molar-refractivity contribution < 1.29 is 5.11 Å². The summed E-state index contributed by atoms with van der Waals surface area (Å²) in [4.78, 5) is 6.99. The molecule has 3 rings (SSSR count). The third kappa shape index (κ3) is 3.69. The van der Waals surface area contributed by atoms with E-state index in [1.165, 1.54) is 19.3 Å². The second-order valence-electron chi connectivity index (χ2n) is 7.07. The molecule has 3 N–H and O–H groups in total. The van der Waals surface area contributed by atoms with Gasteiger partial charge >= 0.3 is 0 Å². The minimum atomic E-state index is -0.132. The summed E-state index contributed by atoms with van der Waals surface area (Å²) in [5.74, 6) is 1.28. The van der Waals surface area contributed by atoms with Crippen LogP contribution < -0.4 is 10.6 Å². The van der Waals surface area contributed by atoms with Gasteiger partial charge in [0.15, 0.2) is 5.96 Å². The first-order chi connectivity index (χ1) is 10.2. The molecule has 1 heterocycles. The summed E-state index contributed by atoms with van der Waals surface area (Å²) in [5, 5.41) is 16.9. The van der Waals surface area contributed by atoms with Crippen molar-refractivity contribution in [1.82, 2.24) is 15.5 Å². The van der Waals surface area contributed by atoms with E-state index in [0.29, 0.717) is 18.0 Å². The van der Waals surface area contributed by atoms with Gasteiger partial charge in [0.1, 0.15) is 0 Å². The van der Waals surface area contributed by atoms with Crippen LogP contribution >= 0.6 is 0 Å². The smallest absolute Gasteiger partial charge is 0.191 e. The van der Waals surface area contributed by atoms with E-state index < -0.39 is 0 Å². The molecule has 0 radical (unpaired) electrons. The van der Waals surface area contributed by atoms with E-state index in [-0.39, 0.29) is 6.10 Å². The van der Waals surface area contributed by atoms with Crippen LogP contribution in [0.2, 0.25) is 0 Å². The summed E-state index contributed by atoms with van der Waals surface area (Å²) in [5.41, 5.74) is 0. The Balaban J connectivity index is 1.44. The van der Waals surface area contributed by atoms with Gasteiger partial charge in [0.2, 0.25) is 0 Å². The van der Waals surface area contributed by atoms with Crippen molar-refractivity contribution in [3.05, 3.63) is 0 Å². The molecule has 120 valence electrons. The molecule has 3 aliphatic rings. The van der Waals surface area contributed by atoms with E-state index in [0.717, 1.165) is 44.4 Å². The fourth-order valence-corrected chi connectivity index (χ4v) is 3.95. The summed E-state index contributed by atoms with van der Waals surface area (Å²) < 4.78 is 0. The Morgan fingerprint density at radius 2 is 2.10 bits per heavy atom. The average Bonchev–Trinajstić information content (AvgIpc) is 3.13. The molecule has 0 bridgehead atoms. The molecule has 0 aromatic rings. The minimum absolute atomic E-state index is 0.132. The van der Waals surface area contributed by atoms with Gasteiger partial charge in [0.25, 0.3) is 0 Å². The number of rotatable bonds is 4. The highest BCUT2D eigenvalue weighted by atomic mass is 16.3. The second-order valence-corrected chi connectivity index (χ2v) is 7.07. The molecule has 5 nitrogen and oxygen atoms in total. The van der Waals surface area contributed by atoms with Crippen LogP contribution in [0.5, 0.6) is 0 Å². The zero-order valence-electron chi connectivity index (χ0n) is 13.4. The molecule has 2 aliphatic carbocycles. The van der Waals surface area contributed by atoms with Gasteiger partial charge < -0.3 is 15.7 Å². The molecule has 0 spiro atoms. The molecule has 0 aromatic heterocycles. The molecule has 21 heavy (non-hydrogen) atoms. The molecule has 4 atom stereocenters. The fourth-order valence-electron chi connectivity index (χ4n) is 3.95. The maximum Gasteiger partial charge on any atom is 0.191 e. The standard InChI is InChI=1S/C16H30N4O/c1-11-8-13(10-20(11)14-6-7-14)19-16(17-2)18-9-12-4-3-5-15(12)21/h11-15,21H,3-10H2,1-2H3,(H2,17,18,19). The van der Waals surface area contributed by atoms with Gasteiger partial charge in [0, 0.05) is 44.2 Å². The van der Waals surface area contributed by atoms with Crippen molar-refractivity contribution >= 4 is 5.96 Å². The number of likely N-dealkylation sites (tertiary alicyclic amines) is 1. The number of aliphatic imine (C=N–C) groups is 1. The highest BCUT2D eigenvalue weighted by molar-refractivity contribution is 5.80. The first kappa shape index (κ1) is 15.1. The fraction of sp³-hybridized carbons (Fsp3) is 0.938. The maximum atomic E-state index is 9.89. The summed E-state index contributed by atoms with van der Waals surface area (Å²) >= 11 is 0. The summed E-state index contributed by atoms with van der Waals surface area (Å²) in [6.07, 6.45) is 7.05. The first-order valence-corrected chi connectivity index (χ1v) is 8.58. The van der Waals surface area contributed by atoms with Crippen molar-refractivity contribution in [2.75, 3.05) is 20.1 Å². The minimum Gasteiger partial charge on any atom is -0.393 e. The Kier molecular flexibility index (Phi) is 4.69. The van der Waals surface area contributed by atoms with Gasteiger partial charge in [-0.2, -0.15) is 0 Å². The van der Waals surface area contributed by atoms with Crippen LogP contribution in [0, 0.1) is 5.92 Å². The van der Waals surface area contributed by atoms with Crippen LogP contribution in [0.1, 0.15) is 45.4 Å². The molecule has 1 saturated heterocycles. The average molecular weight is 294 g/mol. The summed E-state index contributed by atoms with van der Waals surface area (Å²) in [7, 11) is 1.83. The molecular weight excluding hydrogens is 264 g/mol. The molecule has 5 heteroatoms. The van der Waals surface area contributed by atoms with E-state index in [9.17, 15) is 5.11 Å². The molecule has 0 aromatic carbocycles. The molecule has 2 saturated carbocycles. The first-order valence-electron chi connectivity index (χ1n) is 8.58. The van der Waals surface area contributed by atoms with E-state index in [1.807, 2.05) is 7.05 Å². The lowest BCUT2D eigenvalue weighted by Gasteiger charge is -2.21. The van der Waals surface area contributed by atoms with Gasteiger partial charge in [-0.1, -0.05) is 6.42 Å². The number of aliphatic hydroxyl groups excluding tert-OH is 1. The lowest BCUT2D eigenvalue weighted by Crippen LogP contribution is -2.46. The number of hydrogen-bond acceptors (Lipinski definition) is 3. The van der Waals surface area contributed by atoms with Gasteiger partial charge in [-0.15, -0.1) is 0 Å².